The number of rotatable bonds is 6. The molecule has 200 valence electrons. The highest BCUT2D eigenvalue weighted by Gasteiger charge is 2.40. The molecule has 2 saturated heterocycles. The Balaban J connectivity index is 1.36. The zero-order chi connectivity index (χ0) is 26.4. The van der Waals surface area contributed by atoms with E-state index in [4.69, 9.17) is 9.47 Å². The lowest BCUT2D eigenvalue weighted by Gasteiger charge is -2.51. The number of nitrogens with one attached hydrogen (secondary N) is 2. The third-order valence-corrected chi connectivity index (χ3v) is 8.28. The quantitative estimate of drug-likeness (QED) is 0.441. The molecule has 0 unspecified atom stereocenters. The van der Waals surface area contributed by atoms with Crippen molar-refractivity contribution in [2.45, 2.75) is 71.0 Å². The van der Waals surface area contributed by atoms with Gasteiger partial charge in [0.2, 0.25) is 0 Å². The largest absolute Gasteiger partial charge is 0.493 e. The number of aryl methyl sites for hydroxylation is 1. The number of H-pyrrole nitrogens is 1. The number of piperidine rings is 1. The normalized spacial score (nSPS) is 20.4. The van der Waals surface area contributed by atoms with Crippen LogP contribution in [0.15, 0.2) is 36.4 Å². The molecule has 3 heterocycles. The van der Waals surface area contributed by atoms with Gasteiger partial charge in [-0.05, 0) is 88.9 Å². The summed E-state index contributed by atoms with van der Waals surface area (Å²) in [5, 5.41) is 5.15. The molecule has 2 aliphatic heterocycles. The second kappa shape index (κ2) is 9.88. The number of fused-ring (bicyclic) bond motifs is 1. The maximum absolute atomic E-state index is 5.57. The van der Waals surface area contributed by atoms with E-state index in [-0.39, 0.29) is 11.1 Å². The number of aromatic nitrogens is 1. The number of hydrogen-bond donors (Lipinski definition) is 2. The minimum Gasteiger partial charge on any atom is -0.493 e. The van der Waals surface area contributed by atoms with E-state index in [1.54, 1.807) is 14.2 Å². The summed E-state index contributed by atoms with van der Waals surface area (Å²) in [6.45, 7) is 16.0. The summed E-state index contributed by atoms with van der Waals surface area (Å²) >= 11 is 0. The van der Waals surface area contributed by atoms with Crippen molar-refractivity contribution in [3.8, 4) is 22.8 Å². The Morgan fingerprint density at radius 3 is 2.16 bits per heavy atom. The van der Waals surface area contributed by atoms with Crippen LogP contribution in [0.1, 0.15) is 53.0 Å². The van der Waals surface area contributed by atoms with E-state index >= 15 is 0 Å². The lowest BCUT2D eigenvalue weighted by atomic mass is 9.79. The molecule has 2 aliphatic rings. The summed E-state index contributed by atoms with van der Waals surface area (Å²) in [7, 11) is 3.36. The number of hydrogen-bond acceptors (Lipinski definition) is 5. The first kappa shape index (κ1) is 25.9. The molecule has 5 rings (SSSR count). The van der Waals surface area contributed by atoms with Crippen LogP contribution in [-0.4, -0.2) is 67.4 Å². The Morgan fingerprint density at radius 2 is 1.54 bits per heavy atom. The maximum atomic E-state index is 5.57. The fraction of sp³-hybridized carbons (Fsp3) is 0.548. The summed E-state index contributed by atoms with van der Waals surface area (Å²) in [6.07, 6.45) is 3.39. The number of benzene rings is 2. The SMILES string of the molecule is CCc1c(-c2ccc(OC)c(OC)c2)[nH]c2ccc(N3CCN(C4CC(C)(C)NC(C)(C)C4)CC3)cc12. The first-order valence-corrected chi connectivity index (χ1v) is 13.8. The Morgan fingerprint density at radius 1 is 0.865 bits per heavy atom. The molecule has 6 heteroatoms. The molecule has 0 aliphatic carbocycles. The monoisotopic (exact) mass is 504 g/mol. The highest BCUT2D eigenvalue weighted by atomic mass is 16.5. The van der Waals surface area contributed by atoms with Crippen LogP contribution in [-0.2, 0) is 6.42 Å². The smallest absolute Gasteiger partial charge is 0.161 e. The van der Waals surface area contributed by atoms with Gasteiger partial charge in [-0.25, -0.2) is 0 Å². The van der Waals surface area contributed by atoms with Crippen molar-refractivity contribution in [2.24, 2.45) is 0 Å². The lowest BCUT2D eigenvalue weighted by molar-refractivity contribution is 0.0627. The lowest BCUT2D eigenvalue weighted by Crippen LogP contribution is -2.63. The number of piperazine rings is 1. The predicted octanol–water partition coefficient (Wildman–Crippen LogP) is 5.85. The number of nitrogens with zero attached hydrogens (tertiary/aromatic N) is 2. The molecule has 0 radical (unpaired) electrons. The molecule has 0 atom stereocenters. The minimum absolute atomic E-state index is 0.186. The topological polar surface area (TPSA) is 52.8 Å². The van der Waals surface area contributed by atoms with E-state index in [1.165, 1.54) is 35.0 Å². The van der Waals surface area contributed by atoms with Crippen molar-refractivity contribution in [3.63, 3.8) is 0 Å². The van der Waals surface area contributed by atoms with Crippen LogP contribution in [0.4, 0.5) is 5.69 Å². The second-order valence-electron chi connectivity index (χ2n) is 12.1. The first-order valence-electron chi connectivity index (χ1n) is 13.8. The summed E-state index contributed by atoms with van der Waals surface area (Å²) in [5.74, 6) is 1.50. The van der Waals surface area contributed by atoms with Crippen molar-refractivity contribution < 1.29 is 9.47 Å². The zero-order valence-electron chi connectivity index (χ0n) is 23.7. The molecule has 0 spiro atoms. The number of aromatic amines is 1. The molecule has 1 aromatic heterocycles. The molecule has 37 heavy (non-hydrogen) atoms. The van der Waals surface area contributed by atoms with Gasteiger partial charge in [0, 0.05) is 71.1 Å². The summed E-state index contributed by atoms with van der Waals surface area (Å²) in [4.78, 5) is 8.99. The van der Waals surface area contributed by atoms with Crippen LogP contribution >= 0.6 is 0 Å². The van der Waals surface area contributed by atoms with Crippen LogP contribution in [0.3, 0.4) is 0 Å². The van der Waals surface area contributed by atoms with Crippen molar-refractivity contribution in [3.05, 3.63) is 42.0 Å². The van der Waals surface area contributed by atoms with Crippen LogP contribution in [0.5, 0.6) is 11.5 Å². The van der Waals surface area contributed by atoms with Crippen LogP contribution in [0.25, 0.3) is 22.2 Å². The van der Waals surface area contributed by atoms with E-state index in [1.807, 2.05) is 6.07 Å². The highest BCUT2D eigenvalue weighted by molar-refractivity contribution is 5.93. The molecule has 3 aromatic rings. The fourth-order valence-electron chi connectivity index (χ4n) is 6.91. The summed E-state index contributed by atoms with van der Waals surface area (Å²) in [5.41, 5.74) is 6.51. The van der Waals surface area contributed by atoms with Crippen LogP contribution in [0.2, 0.25) is 0 Å². The average Bonchev–Trinajstić information content (AvgIpc) is 3.24. The van der Waals surface area contributed by atoms with E-state index in [2.05, 4.69) is 85.1 Å². The molecular formula is C31H44N4O2. The Bertz CT molecular complexity index is 1240. The van der Waals surface area contributed by atoms with Gasteiger partial charge in [0.05, 0.1) is 14.2 Å². The fourth-order valence-corrected chi connectivity index (χ4v) is 6.91. The third-order valence-electron chi connectivity index (χ3n) is 8.28. The van der Waals surface area contributed by atoms with Crippen LogP contribution in [0, 0.1) is 0 Å². The second-order valence-corrected chi connectivity index (χ2v) is 12.1. The summed E-state index contributed by atoms with van der Waals surface area (Å²) < 4.78 is 11.0. The number of anilines is 1. The van der Waals surface area contributed by atoms with Gasteiger partial charge in [-0.3, -0.25) is 4.90 Å². The van der Waals surface area contributed by atoms with Gasteiger partial charge >= 0.3 is 0 Å². The minimum atomic E-state index is 0.186. The first-order chi connectivity index (χ1) is 17.6. The van der Waals surface area contributed by atoms with Gasteiger partial charge in [0.15, 0.2) is 11.5 Å². The molecular weight excluding hydrogens is 460 g/mol. The van der Waals surface area contributed by atoms with Gasteiger partial charge in [-0.2, -0.15) is 0 Å². The zero-order valence-corrected chi connectivity index (χ0v) is 23.7. The van der Waals surface area contributed by atoms with Crippen LogP contribution < -0.4 is 19.7 Å². The Kier molecular flexibility index (Phi) is 6.92. The Hall–Kier alpha value is -2.70. The molecule has 2 N–H and O–H groups in total. The van der Waals surface area contributed by atoms with Crippen molar-refractivity contribution in [1.82, 2.24) is 15.2 Å². The molecule has 0 saturated carbocycles. The summed E-state index contributed by atoms with van der Waals surface area (Å²) in [6, 6.07) is 13.7. The van der Waals surface area contributed by atoms with E-state index in [0.29, 0.717) is 6.04 Å². The predicted molar refractivity (Wildman–Crippen MR) is 154 cm³/mol. The molecule has 0 bridgehead atoms. The average molecular weight is 505 g/mol. The molecule has 2 aromatic carbocycles. The van der Waals surface area contributed by atoms with E-state index in [0.717, 1.165) is 55.4 Å². The van der Waals surface area contributed by atoms with E-state index < -0.39 is 0 Å². The van der Waals surface area contributed by atoms with Crippen molar-refractivity contribution in [1.29, 1.82) is 0 Å². The van der Waals surface area contributed by atoms with E-state index in [9.17, 15) is 0 Å². The maximum Gasteiger partial charge on any atom is 0.161 e. The molecule has 6 nitrogen and oxygen atoms in total. The third kappa shape index (κ3) is 5.19. The number of ether oxygens (including phenoxy) is 2. The molecule has 0 amide bonds. The highest BCUT2D eigenvalue weighted by Crippen LogP contribution is 2.38. The van der Waals surface area contributed by atoms with Crippen molar-refractivity contribution >= 4 is 16.6 Å². The van der Waals surface area contributed by atoms with Crippen molar-refractivity contribution in [2.75, 3.05) is 45.3 Å². The Labute approximate surface area is 222 Å². The van der Waals surface area contributed by atoms with Gasteiger partial charge in [-0.15, -0.1) is 0 Å². The van der Waals surface area contributed by atoms with Gasteiger partial charge in [0.1, 0.15) is 0 Å². The number of methoxy groups -OCH3 is 2. The molecule has 2 fully saturated rings. The van der Waals surface area contributed by atoms with Gasteiger partial charge < -0.3 is 24.7 Å². The van der Waals surface area contributed by atoms with Gasteiger partial charge in [-0.1, -0.05) is 6.92 Å². The van der Waals surface area contributed by atoms with Gasteiger partial charge in [0.25, 0.3) is 0 Å². The standard InChI is InChI=1S/C31H44N4O2/c1-8-24-25-18-22(10-11-26(25)32-29(24)21-9-12-27(36-6)28(17-21)37-7)34-13-15-35(16-14-34)23-19-30(2,3)33-31(4,5)20-23/h9-12,17-18,23,32-33H,8,13-16,19-20H2,1-7H3.